The van der Waals surface area contributed by atoms with Gasteiger partial charge in [0.05, 0.1) is 0 Å². The van der Waals surface area contributed by atoms with Crippen LogP contribution in [0.4, 0.5) is 4.79 Å². The van der Waals surface area contributed by atoms with Gasteiger partial charge in [-0.1, -0.05) is 6.92 Å². The van der Waals surface area contributed by atoms with Crippen molar-refractivity contribution in [1.82, 2.24) is 5.32 Å². The van der Waals surface area contributed by atoms with Crippen molar-refractivity contribution in [3.63, 3.8) is 0 Å². The fourth-order valence-corrected chi connectivity index (χ4v) is 0.210. The van der Waals surface area contributed by atoms with Gasteiger partial charge in [0, 0.05) is 6.42 Å². The first-order valence-electron chi connectivity index (χ1n) is 2.14. The second kappa shape index (κ2) is 3.26. The van der Waals surface area contributed by atoms with Gasteiger partial charge in [-0.2, -0.15) is 0 Å². The van der Waals surface area contributed by atoms with E-state index in [1.54, 1.807) is 6.92 Å². The zero-order valence-corrected chi connectivity index (χ0v) is 4.46. The molecule has 0 aliphatic carbocycles. The Hall–Kier alpha value is -0.770. The standard InChI is InChI=1S/C4H8NO3/c1-2-3(6)5-4(7)8/h2-3,5-6H,1H3,(H,7,8). The van der Waals surface area contributed by atoms with Crippen molar-refractivity contribution in [1.29, 1.82) is 0 Å². The van der Waals surface area contributed by atoms with Crippen LogP contribution in [0.3, 0.4) is 0 Å². The van der Waals surface area contributed by atoms with Crippen LogP contribution in [0.25, 0.3) is 0 Å². The Labute approximate surface area is 47.1 Å². The molecule has 1 atom stereocenters. The molecular weight excluding hydrogens is 110 g/mol. The summed E-state index contributed by atoms with van der Waals surface area (Å²) in [4.78, 5) is 9.68. The van der Waals surface area contributed by atoms with Gasteiger partial charge < -0.3 is 10.2 Å². The molecule has 4 nitrogen and oxygen atoms in total. The van der Waals surface area contributed by atoms with Crippen molar-refractivity contribution in [2.45, 2.75) is 13.2 Å². The summed E-state index contributed by atoms with van der Waals surface area (Å²) < 4.78 is 0. The van der Waals surface area contributed by atoms with Crippen LogP contribution >= 0.6 is 0 Å². The highest BCUT2D eigenvalue weighted by molar-refractivity contribution is 5.64. The molecule has 47 valence electrons. The highest BCUT2D eigenvalue weighted by Gasteiger charge is 2.01. The number of carboxylic acid groups (broad SMARTS) is 1. The van der Waals surface area contributed by atoms with Gasteiger partial charge in [-0.25, -0.2) is 4.79 Å². The molecule has 0 rings (SSSR count). The molecule has 1 amide bonds. The smallest absolute Gasteiger partial charge is 0.406 e. The van der Waals surface area contributed by atoms with Gasteiger partial charge in [0.2, 0.25) is 0 Å². The molecule has 0 aromatic rings. The molecule has 0 saturated heterocycles. The van der Waals surface area contributed by atoms with E-state index in [4.69, 9.17) is 10.2 Å². The molecule has 1 radical (unpaired) electrons. The lowest BCUT2D eigenvalue weighted by atomic mass is 10.4. The first-order valence-corrected chi connectivity index (χ1v) is 2.14. The minimum absolute atomic E-state index is 1.05. The number of hydrogen-bond donors (Lipinski definition) is 3. The molecule has 0 aliphatic rings. The average molecular weight is 118 g/mol. The second-order valence-corrected chi connectivity index (χ2v) is 1.23. The number of amides is 1. The summed E-state index contributed by atoms with van der Waals surface area (Å²) in [6.45, 7) is 1.56. The highest BCUT2D eigenvalue weighted by atomic mass is 16.4. The summed E-state index contributed by atoms with van der Waals surface area (Å²) in [6, 6.07) is 0. The largest absolute Gasteiger partial charge is 0.465 e. The summed E-state index contributed by atoms with van der Waals surface area (Å²) >= 11 is 0. The molecule has 0 aliphatic heterocycles. The van der Waals surface area contributed by atoms with Crippen molar-refractivity contribution >= 4 is 6.09 Å². The van der Waals surface area contributed by atoms with Crippen molar-refractivity contribution in [2.24, 2.45) is 0 Å². The van der Waals surface area contributed by atoms with E-state index in [-0.39, 0.29) is 0 Å². The predicted molar refractivity (Wildman–Crippen MR) is 27.1 cm³/mol. The SMILES string of the molecule is C[CH]C(O)NC(=O)O. The summed E-state index contributed by atoms with van der Waals surface area (Å²) in [5.41, 5.74) is 0. The van der Waals surface area contributed by atoms with Crippen molar-refractivity contribution in [3.8, 4) is 0 Å². The van der Waals surface area contributed by atoms with Crippen LogP contribution in [-0.4, -0.2) is 22.5 Å². The Balaban J connectivity index is 3.24. The van der Waals surface area contributed by atoms with Crippen LogP contribution in [0.15, 0.2) is 0 Å². The van der Waals surface area contributed by atoms with E-state index in [0.717, 1.165) is 0 Å². The first kappa shape index (κ1) is 7.23. The number of hydrogen-bond acceptors (Lipinski definition) is 2. The zero-order valence-electron chi connectivity index (χ0n) is 4.46. The average Bonchev–Trinajstić information content (AvgIpc) is 1.65. The van der Waals surface area contributed by atoms with E-state index in [0.29, 0.717) is 0 Å². The molecule has 0 fully saturated rings. The molecule has 0 aromatic carbocycles. The van der Waals surface area contributed by atoms with Crippen LogP contribution in [0.2, 0.25) is 0 Å². The summed E-state index contributed by atoms with van der Waals surface area (Å²) in [6.07, 6.45) is -0.947. The van der Waals surface area contributed by atoms with Gasteiger partial charge in [-0.15, -0.1) is 0 Å². The van der Waals surface area contributed by atoms with Crippen molar-refractivity contribution in [3.05, 3.63) is 6.42 Å². The lowest BCUT2D eigenvalue weighted by Crippen LogP contribution is -2.32. The fourth-order valence-electron chi connectivity index (χ4n) is 0.210. The van der Waals surface area contributed by atoms with Crippen molar-refractivity contribution in [2.75, 3.05) is 0 Å². The maximum atomic E-state index is 9.68. The third kappa shape index (κ3) is 3.42. The number of aliphatic hydroxyl groups excluding tert-OH is 1. The van der Waals surface area contributed by atoms with E-state index in [1.165, 1.54) is 6.42 Å². The van der Waals surface area contributed by atoms with Gasteiger partial charge in [0.25, 0.3) is 0 Å². The monoisotopic (exact) mass is 118 g/mol. The molecular formula is C4H8NO3. The fraction of sp³-hybridized carbons (Fsp3) is 0.500. The Morgan fingerprint density at radius 2 is 2.38 bits per heavy atom. The summed E-state index contributed by atoms with van der Waals surface area (Å²) in [5.74, 6) is 0. The molecule has 0 bridgehead atoms. The van der Waals surface area contributed by atoms with Gasteiger partial charge in [-0.3, -0.25) is 5.32 Å². The number of carbonyl (C=O) groups is 1. The minimum atomic E-state index is -1.23. The van der Waals surface area contributed by atoms with Crippen LogP contribution in [-0.2, 0) is 0 Å². The van der Waals surface area contributed by atoms with Gasteiger partial charge >= 0.3 is 6.09 Å². The third-order valence-corrected chi connectivity index (χ3v) is 0.587. The van der Waals surface area contributed by atoms with Gasteiger partial charge in [0.15, 0.2) is 0 Å². The normalized spacial score (nSPS) is 12.8. The molecule has 4 heteroatoms. The summed E-state index contributed by atoms with van der Waals surface area (Å²) in [7, 11) is 0. The van der Waals surface area contributed by atoms with Gasteiger partial charge in [-0.05, 0) is 0 Å². The topological polar surface area (TPSA) is 69.6 Å². The lowest BCUT2D eigenvalue weighted by Gasteiger charge is -2.04. The molecule has 3 N–H and O–H groups in total. The van der Waals surface area contributed by atoms with Crippen LogP contribution in [0.1, 0.15) is 6.92 Å². The van der Waals surface area contributed by atoms with Crippen LogP contribution in [0, 0.1) is 6.42 Å². The Morgan fingerprint density at radius 3 is 2.50 bits per heavy atom. The Morgan fingerprint density at radius 1 is 1.88 bits per heavy atom. The number of nitrogens with one attached hydrogen (secondary N) is 1. The Bertz CT molecular complexity index is 83.4. The highest BCUT2D eigenvalue weighted by Crippen LogP contribution is 1.79. The van der Waals surface area contributed by atoms with Crippen LogP contribution < -0.4 is 5.32 Å². The number of rotatable bonds is 2. The van der Waals surface area contributed by atoms with E-state index >= 15 is 0 Å². The maximum Gasteiger partial charge on any atom is 0.406 e. The van der Waals surface area contributed by atoms with E-state index in [2.05, 4.69) is 0 Å². The molecule has 8 heavy (non-hydrogen) atoms. The molecule has 0 heterocycles. The molecule has 1 unspecified atom stereocenters. The minimum Gasteiger partial charge on any atom is -0.465 e. The van der Waals surface area contributed by atoms with E-state index in [1.807, 2.05) is 5.32 Å². The Kier molecular flexibility index (Phi) is 2.95. The molecule has 0 saturated carbocycles. The quantitative estimate of drug-likeness (QED) is 0.439. The predicted octanol–water partition coefficient (Wildman–Crippen LogP) is -0.203. The van der Waals surface area contributed by atoms with Crippen LogP contribution in [0.5, 0.6) is 0 Å². The van der Waals surface area contributed by atoms with Crippen molar-refractivity contribution < 1.29 is 15.0 Å². The first-order chi connectivity index (χ1) is 3.66. The van der Waals surface area contributed by atoms with E-state index in [9.17, 15) is 4.79 Å². The zero-order chi connectivity index (χ0) is 6.57. The lowest BCUT2D eigenvalue weighted by molar-refractivity contribution is 0.141. The summed E-state index contributed by atoms with van der Waals surface area (Å²) in [5, 5.41) is 18.2. The maximum absolute atomic E-state index is 9.68. The number of aliphatic hydroxyl groups is 1. The second-order valence-electron chi connectivity index (χ2n) is 1.23. The molecule has 0 spiro atoms. The van der Waals surface area contributed by atoms with E-state index < -0.39 is 12.3 Å². The van der Waals surface area contributed by atoms with Gasteiger partial charge in [0.1, 0.15) is 6.23 Å². The third-order valence-electron chi connectivity index (χ3n) is 0.587. The molecule has 0 aromatic heterocycles.